The summed E-state index contributed by atoms with van der Waals surface area (Å²) in [6.07, 6.45) is 5.81. The van der Waals surface area contributed by atoms with Crippen molar-refractivity contribution in [2.45, 2.75) is 50.1 Å². The van der Waals surface area contributed by atoms with Crippen molar-refractivity contribution in [2.24, 2.45) is 5.92 Å². The summed E-state index contributed by atoms with van der Waals surface area (Å²) in [4.78, 5) is 22.2. The Kier molecular flexibility index (Phi) is 4.73. The van der Waals surface area contributed by atoms with E-state index >= 15 is 0 Å². The Morgan fingerprint density at radius 3 is 2.87 bits per heavy atom. The van der Waals surface area contributed by atoms with Crippen molar-refractivity contribution in [1.29, 1.82) is 0 Å². The maximum atomic E-state index is 12.6. The molecule has 1 unspecified atom stereocenters. The van der Waals surface area contributed by atoms with Crippen LogP contribution in [0, 0.1) is 5.92 Å². The molecule has 1 saturated carbocycles. The fraction of sp³-hybridized carbons (Fsp3) is 0.619. The lowest BCUT2D eigenvalue weighted by Crippen LogP contribution is -2.41. The van der Waals surface area contributed by atoms with E-state index in [1.54, 1.807) is 0 Å². The van der Waals surface area contributed by atoms with Gasteiger partial charge in [-0.1, -0.05) is 18.7 Å². The van der Waals surface area contributed by atoms with Crippen molar-refractivity contribution >= 4 is 44.9 Å². The molecular formula is C21H25N5O2S2. The second-order valence-electron chi connectivity index (χ2n) is 8.70. The highest BCUT2D eigenvalue weighted by molar-refractivity contribution is 7.99. The van der Waals surface area contributed by atoms with Gasteiger partial charge in [-0.15, -0.1) is 21.5 Å². The molecule has 2 fully saturated rings. The van der Waals surface area contributed by atoms with Crippen LogP contribution in [0.4, 0.5) is 0 Å². The SMILES string of the molecule is CC1CCc2c(sc3nc(C4CC4)n4c(SCC(=O)N5CCOCC5)nnc4c23)C1. The third-order valence-corrected chi connectivity index (χ3v) is 8.49. The molecule has 0 spiro atoms. The van der Waals surface area contributed by atoms with E-state index in [-0.39, 0.29) is 5.91 Å². The first-order valence-electron chi connectivity index (χ1n) is 10.9. The summed E-state index contributed by atoms with van der Waals surface area (Å²) >= 11 is 3.34. The van der Waals surface area contributed by atoms with Crippen LogP contribution in [0.25, 0.3) is 15.9 Å². The summed E-state index contributed by atoms with van der Waals surface area (Å²) in [5.41, 5.74) is 2.37. The molecule has 3 aliphatic rings. The molecular weight excluding hydrogens is 418 g/mol. The third-order valence-electron chi connectivity index (χ3n) is 6.43. The van der Waals surface area contributed by atoms with Crippen LogP contribution >= 0.6 is 23.1 Å². The van der Waals surface area contributed by atoms with Gasteiger partial charge in [-0.3, -0.25) is 9.20 Å². The van der Waals surface area contributed by atoms with Crippen molar-refractivity contribution in [3.8, 4) is 0 Å². The van der Waals surface area contributed by atoms with Crippen LogP contribution in [0.5, 0.6) is 0 Å². The molecule has 3 aromatic heterocycles. The van der Waals surface area contributed by atoms with Crippen LogP contribution in [0.1, 0.15) is 48.4 Å². The van der Waals surface area contributed by atoms with E-state index in [2.05, 4.69) is 21.5 Å². The van der Waals surface area contributed by atoms with E-state index in [0.29, 0.717) is 38.0 Å². The summed E-state index contributed by atoms with van der Waals surface area (Å²) < 4.78 is 7.51. The van der Waals surface area contributed by atoms with Crippen LogP contribution in [-0.4, -0.2) is 62.4 Å². The highest BCUT2D eigenvalue weighted by Gasteiger charge is 2.32. The maximum Gasteiger partial charge on any atom is 0.233 e. The normalized spacial score (nSPS) is 22.0. The minimum Gasteiger partial charge on any atom is -0.378 e. The molecule has 1 aliphatic heterocycles. The van der Waals surface area contributed by atoms with Gasteiger partial charge in [-0.25, -0.2) is 4.98 Å². The number of amides is 1. The molecule has 0 N–H and O–H groups in total. The van der Waals surface area contributed by atoms with Crippen LogP contribution in [0.3, 0.4) is 0 Å². The van der Waals surface area contributed by atoms with Gasteiger partial charge in [0.1, 0.15) is 10.7 Å². The number of nitrogens with zero attached hydrogens (tertiary/aromatic N) is 5. The fourth-order valence-electron chi connectivity index (χ4n) is 4.58. The Morgan fingerprint density at radius 1 is 1.23 bits per heavy atom. The van der Waals surface area contributed by atoms with E-state index < -0.39 is 0 Å². The molecule has 0 radical (unpaired) electrons. The summed E-state index contributed by atoms with van der Waals surface area (Å²) in [5, 5.41) is 11.1. The molecule has 1 amide bonds. The molecule has 0 bridgehead atoms. The van der Waals surface area contributed by atoms with Crippen molar-refractivity contribution in [3.63, 3.8) is 0 Å². The van der Waals surface area contributed by atoms with Crippen LogP contribution < -0.4 is 0 Å². The number of morpholine rings is 1. The molecule has 9 heteroatoms. The van der Waals surface area contributed by atoms with Gasteiger partial charge in [-0.2, -0.15) is 0 Å². The van der Waals surface area contributed by atoms with E-state index in [4.69, 9.17) is 9.72 Å². The van der Waals surface area contributed by atoms with Crippen molar-refractivity contribution < 1.29 is 9.53 Å². The first-order chi connectivity index (χ1) is 14.7. The highest BCUT2D eigenvalue weighted by atomic mass is 32.2. The molecule has 158 valence electrons. The molecule has 2 aliphatic carbocycles. The van der Waals surface area contributed by atoms with Crippen LogP contribution in [0.2, 0.25) is 0 Å². The molecule has 1 saturated heterocycles. The topological polar surface area (TPSA) is 72.6 Å². The molecule has 4 heterocycles. The first-order valence-corrected chi connectivity index (χ1v) is 12.7. The first kappa shape index (κ1) is 19.0. The number of carbonyl (C=O) groups excluding carboxylic acids is 1. The molecule has 7 nitrogen and oxygen atoms in total. The second kappa shape index (κ2) is 7.46. The lowest BCUT2D eigenvalue weighted by molar-refractivity contribution is -0.132. The number of thioether (sulfide) groups is 1. The zero-order valence-electron chi connectivity index (χ0n) is 17.1. The van der Waals surface area contributed by atoms with Crippen molar-refractivity contribution in [3.05, 3.63) is 16.3 Å². The smallest absolute Gasteiger partial charge is 0.233 e. The zero-order chi connectivity index (χ0) is 20.2. The quantitative estimate of drug-likeness (QED) is 0.576. The zero-order valence-corrected chi connectivity index (χ0v) is 18.7. The highest BCUT2D eigenvalue weighted by Crippen LogP contribution is 2.44. The van der Waals surface area contributed by atoms with Gasteiger partial charge in [0, 0.05) is 23.9 Å². The van der Waals surface area contributed by atoms with E-state index in [1.165, 1.54) is 46.9 Å². The Balaban J connectivity index is 1.38. The van der Waals surface area contributed by atoms with Gasteiger partial charge in [0.2, 0.25) is 5.91 Å². The number of aryl methyl sites for hydroxylation is 1. The number of thiophene rings is 1. The van der Waals surface area contributed by atoms with Gasteiger partial charge in [-0.05, 0) is 43.6 Å². The van der Waals surface area contributed by atoms with Crippen molar-refractivity contribution in [1.82, 2.24) is 24.5 Å². The average Bonchev–Trinajstić information content (AvgIpc) is 3.42. The van der Waals surface area contributed by atoms with Crippen molar-refractivity contribution in [2.75, 3.05) is 32.1 Å². The largest absolute Gasteiger partial charge is 0.378 e. The lowest BCUT2D eigenvalue weighted by Gasteiger charge is -2.26. The molecule has 6 rings (SSSR count). The van der Waals surface area contributed by atoms with Gasteiger partial charge in [0.15, 0.2) is 10.8 Å². The van der Waals surface area contributed by atoms with E-state index in [0.717, 1.165) is 40.2 Å². The molecule has 1 atom stereocenters. The number of fused-ring (bicyclic) bond motifs is 5. The maximum absolute atomic E-state index is 12.6. The number of aromatic nitrogens is 4. The van der Waals surface area contributed by atoms with E-state index in [1.807, 2.05) is 16.2 Å². The fourth-order valence-corrected chi connectivity index (χ4v) is 6.80. The number of carbonyl (C=O) groups is 1. The molecule has 3 aromatic rings. The Bertz CT molecular complexity index is 1130. The predicted octanol–water partition coefficient (Wildman–Crippen LogP) is 3.29. The minimum absolute atomic E-state index is 0.143. The summed E-state index contributed by atoms with van der Waals surface area (Å²) in [7, 11) is 0. The molecule has 30 heavy (non-hydrogen) atoms. The Hall–Kier alpha value is -1.71. The summed E-state index contributed by atoms with van der Waals surface area (Å²) in [6.45, 7) is 4.94. The lowest BCUT2D eigenvalue weighted by atomic mass is 9.89. The Labute approximate surface area is 183 Å². The van der Waals surface area contributed by atoms with Gasteiger partial charge in [0.05, 0.1) is 24.4 Å². The van der Waals surface area contributed by atoms with Gasteiger partial charge >= 0.3 is 0 Å². The van der Waals surface area contributed by atoms with Crippen LogP contribution in [-0.2, 0) is 22.4 Å². The number of ether oxygens (including phenoxy) is 1. The Morgan fingerprint density at radius 2 is 2.07 bits per heavy atom. The average molecular weight is 444 g/mol. The van der Waals surface area contributed by atoms with Gasteiger partial charge < -0.3 is 9.64 Å². The molecule has 0 aromatic carbocycles. The van der Waals surface area contributed by atoms with E-state index in [9.17, 15) is 4.79 Å². The predicted molar refractivity (Wildman–Crippen MR) is 117 cm³/mol. The van der Waals surface area contributed by atoms with Gasteiger partial charge in [0.25, 0.3) is 0 Å². The number of hydrogen-bond acceptors (Lipinski definition) is 7. The second-order valence-corrected chi connectivity index (χ2v) is 10.7. The summed E-state index contributed by atoms with van der Waals surface area (Å²) in [6, 6.07) is 0. The number of hydrogen-bond donors (Lipinski definition) is 0. The third kappa shape index (κ3) is 3.22. The minimum atomic E-state index is 0.143. The van der Waals surface area contributed by atoms with Crippen LogP contribution in [0.15, 0.2) is 5.16 Å². The summed E-state index contributed by atoms with van der Waals surface area (Å²) in [5.74, 6) is 2.82. The monoisotopic (exact) mass is 443 g/mol. The number of rotatable bonds is 4. The standard InChI is InChI=1S/C21H25N5O2S2/c1-12-2-5-14-15(10-12)30-20-17(14)19-23-24-21(26(19)18(22-20)13-3-4-13)29-11-16(27)25-6-8-28-9-7-25/h12-13H,2-11H2,1H3.